The Kier molecular flexibility index (Phi) is 4.31. The summed E-state index contributed by atoms with van der Waals surface area (Å²) in [5, 5.41) is 11.8. The first kappa shape index (κ1) is 15.1. The van der Waals surface area contributed by atoms with Crippen LogP contribution in [0.3, 0.4) is 0 Å². The summed E-state index contributed by atoms with van der Waals surface area (Å²) >= 11 is 1.39. The van der Waals surface area contributed by atoms with E-state index in [1.165, 1.54) is 17.3 Å². The largest absolute Gasteiger partial charge is 0.306 e. The number of fused-ring (bicyclic) bond motifs is 1. The van der Waals surface area contributed by atoms with E-state index in [1.54, 1.807) is 0 Å². The molecule has 0 aliphatic rings. The van der Waals surface area contributed by atoms with Crippen molar-refractivity contribution >= 4 is 28.3 Å². The zero-order valence-corrected chi connectivity index (χ0v) is 13.6. The smallest absolute Gasteiger partial charge is 0.183 e. The molecule has 0 fully saturated rings. The Bertz CT molecular complexity index is 903. The number of amidine groups is 1. The first-order valence-corrected chi connectivity index (χ1v) is 8.25. The van der Waals surface area contributed by atoms with E-state index in [0.717, 1.165) is 22.6 Å². The standard InChI is InChI=1S/C17H15N5S/c1-12-7-8-22-10-15(21-16(22)9-12)13-3-5-14(6-4-13)20-17(23-2)19-11-18/h3-10H,1-2H3,(H,19,20). The van der Waals surface area contributed by atoms with E-state index in [4.69, 9.17) is 5.26 Å². The second kappa shape index (κ2) is 6.55. The molecule has 3 rings (SSSR count). The summed E-state index contributed by atoms with van der Waals surface area (Å²) in [6.45, 7) is 2.06. The van der Waals surface area contributed by atoms with Gasteiger partial charge in [-0.3, -0.25) is 5.32 Å². The molecule has 6 heteroatoms. The number of nitriles is 1. The number of hydrogen-bond donors (Lipinski definition) is 1. The lowest BCUT2D eigenvalue weighted by molar-refractivity contribution is 1.17. The molecular weight excluding hydrogens is 306 g/mol. The summed E-state index contributed by atoms with van der Waals surface area (Å²) in [4.78, 5) is 9.02. The van der Waals surface area contributed by atoms with Crippen LogP contribution in [0.25, 0.3) is 16.9 Å². The van der Waals surface area contributed by atoms with E-state index in [-0.39, 0.29) is 0 Å². The van der Waals surface area contributed by atoms with Crippen LogP contribution in [0.1, 0.15) is 5.56 Å². The average Bonchev–Trinajstić information content (AvgIpc) is 2.98. The third-order valence-electron chi connectivity index (χ3n) is 3.37. The molecule has 0 aliphatic carbocycles. The van der Waals surface area contributed by atoms with Gasteiger partial charge in [0.2, 0.25) is 0 Å². The van der Waals surface area contributed by atoms with Crippen LogP contribution in [-0.2, 0) is 0 Å². The summed E-state index contributed by atoms with van der Waals surface area (Å²) in [5.41, 5.74) is 4.87. The van der Waals surface area contributed by atoms with Crippen molar-refractivity contribution in [2.45, 2.75) is 6.92 Å². The zero-order chi connectivity index (χ0) is 16.2. The molecule has 5 nitrogen and oxygen atoms in total. The first-order chi connectivity index (χ1) is 11.2. The van der Waals surface area contributed by atoms with Gasteiger partial charge in [0, 0.05) is 18.0 Å². The van der Waals surface area contributed by atoms with E-state index < -0.39 is 0 Å². The molecule has 0 atom stereocenters. The summed E-state index contributed by atoms with van der Waals surface area (Å²) in [6, 6.07) is 11.9. The number of hydrogen-bond acceptors (Lipinski definition) is 4. The summed E-state index contributed by atoms with van der Waals surface area (Å²) in [6.07, 6.45) is 7.78. The van der Waals surface area contributed by atoms with Crippen LogP contribution in [0.15, 0.2) is 53.8 Å². The van der Waals surface area contributed by atoms with Crippen molar-refractivity contribution in [1.82, 2.24) is 14.7 Å². The molecule has 0 unspecified atom stereocenters. The number of nitrogens with zero attached hydrogens (tertiary/aromatic N) is 4. The highest BCUT2D eigenvalue weighted by atomic mass is 32.2. The fraction of sp³-hybridized carbons (Fsp3) is 0.118. The number of aryl methyl sites for hydroxylation is 1. The van der Waals surface area contributed by atoms with E-state index >= 15 is 0 Å². The number of aromatic nitrogens is 2. The van der Waals surface area contributed by atoms with Crippen molar-refractivity contribution in [3.05, 3.63) is 54.4 Å². The van der Waals surface area contributed by atoms with Crippen LogP contribution in [0.4, 0.5) is 5.69 Å². The predicted octanol–water partition coefficient (Wildman–Crippen LogP) is 3.73. The average molecular weight is 321 g/mol. The lowest BCUT2D eigenvalue weighted by Gasteiger charge is -2.01. The Morgan fingerprint density at radius 1 is 1.30 bits per heavy atom. The zero-order valence-electron chi connectivity index (χ0n) is 12.8. The van der Waals surface area contributed by atoms with Crippen molar-refractivity contribution in [2.24, 2.45) is 4.99 Å². The molecule has 0 amide bonds. The van der Waals surface area contributed by atoms with Crippen LogP contribution >= 0.6 is 11.8 Å². The van der Waals surface area contributed by atoms with Crippen LogP contribution < -0.4 is 5.32 Å². The third kappa shape index (κ3) is 3.35. The lowest BCUT2D eigenvalue weighted by Crippen LogP contribution is -2.12. The SMILES string of the molecule is CSC(=Nc1ccc(-c2cn3ccc(C)cc3n2)cc1)NC#N. The minimum absolute atomic E-state index is 0.573. The molecule has 2 aromatic heterocycles. The summed E-state index contributed by atoms with van der Waals surface area (Å²) in [7, 11) is 0. The molecule has 2 heterocycles. The minimum Gasteiger partial charge on any atom is -0.306 e. The van der Waals surface area contributed by atoms with Crippen molar-refractivity contribution in [3.63, 3.8) is 0 Å². The van der Waals surface area contributed by atoms with E-state index in [1.807, 2.05) is 53.5 Å². The van der Waals surface area contributed by atoms with Gasteiger partial charge >= 0.3 is 0 Å². The predicted molar refractivity (Wildman–Crippen MR) is 94.7 cm³/mol. The molecule has 0 aliphatic heterocycles. The molecule has 114 valence electrons. The van der Waals surface area contributed by atoms with Crippen molar-refractivity contribution in [3.8, 4) is 17.5 Å². The Labute approximate surface area is 138 Å². The minimum atomic E-state index is 0.573. The van der Waals surface area contributed by atoms with Crippen LogP contribution in [-0.4, -0.2) is 20.8 Å². The summed E-state index contributed by atoms with van der Waals surface area (Å²) in [5.74, 6) is 0. The number of pyridine rings is 1. The van der Waals surface area contributed by atoms with Crippen molar-refractivity contribution < 1.29 is 0 Å². The maximum atomic E-state index is 8.66. The van der Waals surface area contributed by atoms with Gasteiger partial charge in [-0.1, -0.05) is 23.9 Å². The van der Waals surface area contributed by atoms with Crippen LogP contribution in [0.5, 0.6) is 0 Å². The van der Waals surface area contributed by atoms with Crippen molar-refractivity contribution in [1.29, 1.82) is 5.26 Å². The second-order valence-electron chi connectivity index (χ2n) is 5.00. The van der Waals surface area contributed by atoms with Gasteiger partial charge in [-0.05, 0) is 43.0 Å². The Morgan fingerprint density at radius 2 is 2.09 bits per heavy atom. The molecular formula is C17H15N5S. The third-order valence-corrected chi connectivity index (χ3v) is 3.95. The number of rotatable bonds is 2. The molecule has 1 N–H and O–H groups in total. The number of imidazole rings is 1. The molecule has 0 saturated heterocycles. The first-order valence-electron chi connectivity index (χ1n) is 7.03. The summed E-state index contributed by atoms with van der Waals surface area (Å²) < 4.78 is 2.01. The highest BCUT2D eigenvalue weighted by Crippen LogP contribution is 2.23. The number of thioether (sulfide) groups is 1. The molecule has 1 aromatic carbocycles. The fourth-order valence-electron chi connectivity index (χ4n) is 2.22. The van der Waals surface area contributed by atoms with Gasteiger partial charge in [-0.15, -0.1) is 0 Å². The van der Waals surface area contributed by atoms with Gasteiger partial charge in [-0.25, -0.2) is 9.98 Å². The maximum absolute atomic E-state index is 8.66. The van der Waals surface area contributed by atoms with Crippen molar-refractivity contribution in [2.75, 3.05) is 6.26 Å². The fourth-order valence-corrected chi connectivity index (χ4v) is 2.56. The number of aliphatic imine (C=N–C) groups is 1. The normalized spacial score (nSPS) is 11.4. The second-order valence-corrected chi connectivity index (χ2v) is 5.80. The van der Waals surface area contributed by atoms with E-state index in [0.29, 0.717) is 5.17 Å². The molecule has 3 aromatic rings. The quantitative estimate of drug-likeness (QED) is 0.338. The number of nitrogens with one attached hydrogen (secondary N) is 1. The Morgan fingerprint density at radius 3 is 2.78 bits per heavy atom. The van der Waals surface area contributed by atoms with Gasteiger partial charge in [0.05, 0.1) is 11.4 Å². The van der Waals surface area contributed by atoms with Gasteiger partial charge in [0.1, 0.15) is 5.65 Å². The Hall–Kier alpha value is -2.78. The van der Waals surface area contributed by atoms with Crippen LogP contribution in [0, 0.1) is 18.4 Å². The lowest BCUT2D eigenvalue weighted by atomic mass is 10.1. The molecule has 0 radical (unpaired) electrons. The van der Waals surface area contributed by atoms with Gasteiger partial charge in [-0.2, -0.15) is 5.26 Å². The molecule has 0 spiro atoms. The molecule has 23 heavy (non-hydrogen) atoms. The van der Waals surface area contributed by atoms with E-state index in [2.05, 4.69) is 34.3 Å². The van der Waals surface area contributed by atoms with E-state index in [9.17, 15) is 0 Å². The van der Waals surface area contributed by atoms with Gasteiger partial charge in [0.15, 0.2) is 11.4 Å². The highest BCUT2D eigenvalue weighted by molar-refractivity contribution is 8.13. The van der Waals surface area contributed by atoms with Gasteiger partial charge in [0.25, 0.3) is 0 Å². The topological polar surface area (TPSA) is 65.5 Å². The number of benzene rings is 1. The maximum Gasteiger partial charge on any atom is 0.183 e. The van der Waals surface area contributed by atoms with Crippen LogP contribution in [0.2, 0.25) is 0 Å². The highest BCUT2D eigenvalue weighted by Gasteiger charge is 2.05. The molecule has 0 saturated carbocycles. The monoisotopic (exact) mass is 321 g/mol. The van der Waals surface area contributed by atoms with Gasteiger partial charge < -0.3 is 4.40 Å². The Balaban J connectivity index is 1.90. The molecule has 0 bridgehead atoms.